The lowest BCUT2D eigenvalue weighted by Gasteiger charge is -2.24. The molecule has 186 valence electrons. The summed E-state index contributed by atoms with van der Waals surface area (Å²) in [7, 11) is 3.09. The van der Waals surface area contributed by atoms with E-state index in [1.165, 1.54) is 25.7 Å². The van der Waals surface area contributed by atoms with Crippen LogP contribution in [0.25, 0.3) is 22.7 Å². The number of anilines is 1. The van der Waals surface area contributed by atoms with Gasteiger partial charge in [-0.3, -0.25) is 4.79 Å². The molecule has 5 rings (SSSR count). The maximum atomic E-state index is 13.6. The van der Waals surface area contributed by atoms with Crippen LogP contribution in [0.5, 0.6) is 11.5 Å². The van der Waals surface area contributed by atoms with Gasteiger partial charge in [0.15, 0.2) is 23.0 Å². The number of amides is 1. The van der Waals surface area contributed by atoms with Gasteiger partial charge in [-0.15, -0.1) is 0 Å². The molecule has 0 atom stereocenters. The number of hydrogen-bond acceptors (Lipinski definition) is 5. The third-order valence-corrected chi connectivity index (χ3v) is 6.58. The predicted octanol–water partition coefficient (Wildman–Crippen LogP) is 6.72. The van der Waals surface area contributed by atoms with Gasteiger partial charge < -0.3 is 23.8 Å². The summed E-state index contributed by atoms with van der Waals surface area (Å²) in [6.45, 7) is 0. The Labute approximate surface area is 208 Å². The zero-order valence-electron chi connectivity index (χ0n) is 20.3. The molecular weight excluding hydrogens is 461 g/mol. The Bertz CT molecular complexity index is 1350. The number of methoxy groups -OCH3 is 2. The van der Waals surface area contributed by atoms with Gasteiger partial charge in [-0.25, -0.2) is 9.37 Å². The summed E-state index contributed by atoms with van der Waals surface area (Å²) in [5.74, 6) is 1.09. The molecule has 2 aromatic heterocycles. The Morgan fingerprint density at radius 1 is 1.00 bits per heavy atom. The molecule has 0 saturated heterocycles. The topological polar surface area (TPSA) is 78.5 Å². The van der Waals surface area contributed by atoms with Crippen LogP contribution in [0.3, 0.4) is 0 Å². The highest BCUT2D eigenvalue weighted by Gasteiger charge is 2.25. The number of carbonyl (C=O) groups excluding carboxylic acids is 1. The lowest BCUT2D eigenvalue weighted by Crippen LogP contribution is -2.13. The molecular formula is C28H28FN3O4. The highest BCUT2D eigenvalue weighted by Crippen LogP contribution is 2.38. The van der Waals surface area contributed by atoms with Gasteiger partial charge >= 0.3 is 0 Å². The summed E-state index contributed by atoms with van der Waals surface area (Å²) in [6, 6.07) is 15.1. The predicted molar refractivity (Wildman–Crippen MR) is 135 cm³/mol. The molecule has 4 aromatic rings. The van der Waals surface area contributed by atoms with Gasteiger partial charge in [0, 0.05) is 23.4 Å². The molecule has 1 saturated carbocycles. The van der Waals surface area contributed by atoms with Crippen LogP contribution in [-0.2, 0) is 0 Å². The normalized spacial score (nSPS) is 14.0. The number of ether oxygens (including phenoxy) is 2. The van der Waals surface area contributed by atoms with Gasteiger partial charge in [-0.2, -0.15) is 0 Å². The van der Waals surface area contributed by atoms with Gasteiger partial charge in [0.2, 0.25) is 0 Å². The summed E-state index contributed by atoms with van der Waals surface area (Å²) in [5, 5.41) is 2.84. The Morgan fingerprint density at radius 3 is 2.47 bits per heavy atom. The van der Waals surface area contributed by atoms with Crippen LogP contribution >= 0.6 is 0 Å². The number of rotatable bonds is 7. The van der Waals surface area contributed by atoms with Gasteiger partial charge in [-0.05, 0) is 61.4 Å². The quantitative estimate of drug-likeness (QED) is 0.312. The average molecular weight is 490 g/mol. The molecule has 0 bridgehead atoms. The fourth-order valence-corrected chi connectivity index (χ4v) is 4.75. The van der Waals surface area contributed by atoms with E-state index in [1.807, 2.05) is 6.33 Å². The maximum Gasteiger partial charge on any atom is 0.291 e. The molecule has 1 fully saturated rings. The van der Waals surface area contributed by atoms with E-state index >= 15 is 0 Å². The first-order chi connectivity index (χ1) is 17.6. The number of nitrogens with zero attached hydrogens (tertiary/aromatic N) is 2. The number of benzene rings is 2. The lowest BCUT2D eigenvalue weighted by molar-refractivity contribution is 0.0997. The van der Waals surface area contributed by atoms with E-state index in [0.717, 1.165) is 36.9 Å². The van der Waals surface area contributed by atoms with Crippen molar-refractivity contribution in [1.82, 2.24) is 9.55 Å². The first-order valence-electron chi connectivity index (χ1n) is 12.0. The summed E-state index contributed by atoms with van der Waals surface area (Å²) in [6.07, 6.45) is 7.48. The average Bonchev–Trinajstić information content (AvgIpc) is 3.57. The second-order valence-corrected chi connectivity index (χ2v) is 8.84. The zero-order chi connectivity index (χ0) is 25.1. The lowest BCUT2D eigenvalue weighted by atomic mass is 9.95. The van der Waals surface area contributed by atoms with Crippen molar-refractivity contribution in [2.75, 3.05) is 19.5 Å². The number of imidazole rings is 1. The van der Waals surface area contributed by atoms with Gasteiger partial charge in [0.25, 0.3) is 5.91 Å². The highest BCUT2D eigenvalue weighted by atomic mass is 19.1. The van der Waals surface area contributed by atoms with Crippen molar-refractivity contribution in [3.05, 3.63) is 72.5 Å². The van der Waals surface area contributed by atoms with Gasteiger partial charge in [-0.1, -0.05) is 19.3 Å². The molecule has 2 aromatic carbocycles. The Balaban J connectivity index is 1.47. The minimum absolute atomic E-state index is 0.168. The Hall–Kier alpha value is -4.07. The summed E-state index contributed by atoms with van der Waals surface area (Å²) in [5.41, 5.74) is 2.82. The fraction of sp³-hybridized carbons (Fsp3) is 0.286. The highest BCUT2D eigenvalue weighted by molar-refractivity contribution is 6.02. The van der Waals surface area contributed by atoms with Crippen LogP contribution in [-0.4, -0.2) is 29.7 Å². The first kappa shape index (κ1) is 23.7. The van der Waals surface area contributed by atoms with Crippen molar-refractivity contribution in [3.63, 3.8) is 0 Å². The minimum Gasteiger partial charge on any atom is -0.493 e. The number of furan rings is 1. The third-order valence-electron chi connectivity index (χ3n) is 6.58. The maximum absolute atomic E-state index is 13.6. The van der Waals surface area contributed by atoms with E-state index in [-0.39, 0.29) is 17.5 Å². The smallest absolute Gasteiger partial charge is 0.291 e. The number of carbonyl (C=O) groups is 1. The van der Waals surface area contributed by atoms with Crippen LogP contribution in [0.1, 0.15) is 48.7 Å². The standard InChI is InChI=1S/C28H28FN3O4/c1-34-22-13-12-20(16-25(22)35-2)31-28(33)24-15-14-23(36-24)27-26(18-8-10-19(29)11-9-18)30-17-32(27)21-6-4-3-5-7-21/h8-17,21H,3-7H2,1-2H3,(H,31,33). The molecule has 1 aliphatic carbocycles. The molecule has 1 aliphatic rings. The van der Waals surface area contributed by atoms with Crippen LogP contribution in [0.2, 0.25) is 0 Å². The second kappa shape index (κ2) is 10.3. The van der Waals surface area contributed by atoms with Crippen molar-refractivity contribution in [1.29, 1.82) is 0 Å². The van der Waals surface area contributed by atoms with Crippen molar-refractivity contribution in [3.8, 4) is 34.2 Å². The second-order valence-electron chi connectivity index (χ2n) is 8.84. The van der Waals surface area contributed by atoms with Crippen LogP contribution in [0, 0.1) is 5.82 Å². The van der Waals surface area contributed by atoms with Crippen LogP contribution in [0.15, 0.2) is 65.3 Å². The first-order valence-corrected chi connectivity index (χ1v) is 12.0. The molecule has 0 radical (unpaired) electrons. The molecule has 1 amide bonds. The fourth-order valence-electron chi connectivity index (χ4n) is 4.75. The molecule has 36 heavy (non-hydrogen) atoms. The Morgan fingerprint density at radius 2 is 1.75 bits per heavy atom. The van der Waals surface area contributed by atoms with E-state index < -0.39 is 0 Å². The summed E-state index contributed by atoms with van der Waals surface area (Å²) in [4.78, 5) is 17.7. The number of nitrogens with one attached hydrogen (secondary N) is 1. The molecule has 0 spiro atoms. The van der Waals surface area contributed by atoms with Gasteiger partial charge in [0.1, 0.15) is 11.5 Å². The summed E-state index contributed by atoms with van der Waals surface area (Å²) >= 11 is 0. The van der Waals surface area contributed by atoms with E-state index in [1.54, 1.807) is 49.6 Å². The Kier molecular flexibility index (Phi) is 6.75. The number of halogens is 1. The monoisotopic (exact) mass is 489 g/mol. The number of hydrogen-bond donors (Lipinski definition) is 1. The van der Waals surface area contributed by atoms with Crippen molar-refractivity contribution >= 4 is 11.6 Å². The van der Waals surface area contributed by atoms with E-state index in [4.69, 9.17) is 13.9 Å². The molecule has 7 nitrogen and oxygen atoms in total. The molecule has 1 N–H and O–H groups in total. The zero-order valence-corrected chi connectivity index (χ0v) is 20.3. The van der Waals surface area contributed by atoms with Crippen molar-refractivity contribution in [2.24, 2.45) is 0 Å². The third kappa shape index (κ3) is 4.71. The van der Waals surface area contributed by atoms with E-state index in [2.05, 4.69) is 14.9 Å². The van der Waals surface area contributed by atoms with Crippen LogP contribution < -0.4 is 14.8 Å². The SMILES string of the molecule is COc1ccc(NC(=O)c2ccc(-c3c(-c4ccc(F)cc4)ncn3C3CCCCC3)o2)cc1OC. The number of aromatic nitrogens is 2. The molecule has 0 unspecified atom stereocenters. The van der Waals surface area contributed by atoms with Gasteiger partial charge in [0.05, 0.1) is 26.2 Å². The van der Waals surface area contributed by atoms with Crippen molar-refractivity contribution in [2.45, 2.75) is 38.1 Å². The molecule has 8 heteroatoms. The molecule has 2 heterocycles. The largest absolute Gasteiger partial charge is 0.493 e. The summed E-state index contributed by atoms with van der Waals surface area (Å²) < 4.78 is 32.4. The molecule has 0 aliphatic heterocycles. The minimum atomic E-state index is -0.388. The van der Waals surface area contributed by atoms with E-state index in [0.29, 0.717) is 34.7 Å². The van der Waals surface area contributed by atoms with E-state index in [9.17, 15) is 9.18 Å². The van der Waals surface area contributed by atoms with Crippen molar-refractivity contribution < 1.29 is 23.1 Å². The van der Waals surface area contributed by atoms with Crippen LogP contribution in [0.4, 0.5) is 10.1 Å².